The molecule has 1 aliphatic rings. The summed E-state index contributed by atoms with van der Waals surface area (Å²) in [6, 6.07) is 1.72. The molecular weight excluding hydrogens is 192 g/mol. The van der Waals surface area contributed by atoms with Gasteiger partial charge in [0.1, 0.15) is 0 Å². The number of nitrogens with two attached hydrogens (primary N) is 1. The van der Waals surface area contributed by atoms with E-state index in [4.69, 9.17) is 5.73 Å². The molecule has 1 aliphatic heterocycles. The van der Waals surface area contributed by atoms with Gasteiger partial charge in [0.15, 0.2) is 0 Å². The number of hydrogen-bond acceptors (Lipinski definition) is 6. The van der Waals surface area contributed by atoms with Crippen LogP contribution in [0, 0.1) is 0 Å². The van der Waals surface area contributed by atoms with Crippen LogP contribution in [0.2, 0.25) is 0 Å². The normalized spacial score (nSPS) is 16.6. The number of rotatable bonds is 2. The summed E-state index contributed by atoms with van der Waals surface area (Å²) in [6.45, 7) is 6.43. The van der Waals surface area contributed by atoms with Crippen molar-refractivity contribution in [2.24, 2.45) is 5.73 Å². The standard InChI is InChI=1S/C6H15N3.C3H3N3/c7-1-4-9-5-2-8-3-6-9;1-2-4-6-5-3-1/h8H,1-7H2;1-3H. The summed E-state index contributed by atoms with van der Waals surface area (Å²) < 4.78 is 0. The predicted octanol–water partition coefficient (Wildman–Crippen LogP) is -1.28. The highest BCUT2D eigenvalue weighted by molar-refractivity contribution is 4.69. The summed E-state index contributed by atoms with van der Waals surface area (Å²) in [5.41, 5.74) is 5.40. The summed E-state index contributed by atoms with van der Waals surface area (Å²) in [6.07, 6.45) is 3.15. The highest BCUT2D eigenvalue weighted by atomic mass is 15.3. The zero-order valence-electron chi connectivity index (χ0n) is 8.84. The van der Waals surface area contributed by atoms with Crippen LogP contribution < -0.4 is 11.1 Å². The van der Waals surface area contributed by atoms with Gasteiger partial charge in [0.2, 0.25) is 0 Å². The Labute approximate surface area is 89.9 Å². The molecule has 0 aromatic carbocycles. The van der Waals surface area contributed by atoms with Crippen LogP contribution >= 0.6 is 0 Å². The van der Waals surface area contributed by atoms with Crippen molar-refractivity contribution in [2.45, 2.75) is 0 Å². The fourth-order valence-corrected chi connectivity index (χ4v) is 1.32. The first-order chi connectivity index (χ1) is 7.43. The Balaban J connectivity index is 0.000000162. The van der Waals surface area contributed by atoms with Gasteiger partial charge in [-0.15, -0.1) is 10.2 Å². The van der Waals surface area contributed by atoms with E-state index in [1.807, 2.05) is 0 Å². The lowest BCUT2D eigenvalue weighted by molar-refractivity contribution is 0.247. The first-order valence-electron chi connectivity index (χ1n) is 5.15. The molecule has 6 heteroatoms. The third-order valence-corrected chi connectivity index (χ3v) is 2.06. The molecule has 1 aromatic rings. The number of nitrogens with zero attached hydrogens (tertiary/aromatic N) is 4. The van der Waals surface area contributed by atoms with E-state index in [0.29, 0.717) is 0 Å². The van der Waals surface area contributed by atoms with Crippen molar-refractivity contribution in [3.63, 3.8) is 0 Å². The van der Waals surface area contributed by atoms with Crippen molar-refractivity contribution in [3.05, 3.63) is 18.5 Å². The van der Waals surface area contributed by atoms with E-state index < -0.39 is 0 Å². The van der Waals surface area contributed by atoms with Crippen molar-refractivity contribution in [2.75, 3.05) is 39.3 Å². The summed E-state index contributed by atoms with van der Waals surface area (Å²) in [5.74, 6) is 0. The molecule has 0 saturated carbocycles. The van der Waals surface area contributed by atoms with Gasteiger partial charge in [-0.25, -0.2) is 0 Å². The number of aromatic nitrogens is 3. The van der Waals surface area contributed by atoms with E-state index in [-0.39, 0.29) is 0 Å². The maximum atomic E-state index is 5.40. The lowest BCUT2D eigenvalue weighted by Crippen LogP contribution is -2.45. The summed E-state index contributed by atoms with van der Waals surface area (Å²) in [5, 5.41) is 13.4. The molecular formula is C9H18N6. The molecule has 0 aliphatic carbocycles. The zero-order chi connectivity index (χ0) is 10.8. The molecule has 0 radical (unpaired) electrons. The number of hydrogen-bond donors (Lipinski definition) is 2. The van der Waals surface area contributed by atoms with Gasteiger partial charge in [-0.3, -0.25) is 4.90 Å². The maximum Gasteiger partial charge on any atom is 0.0529 e. The molecule has 0 bridgehead atoms. The van der Waals surface area contributed by atoms with Crippen LogP contribution in [-0.4, -0.2) is 59.6 Å². The second-order valence-electron chi connectivity index (χ2n) is 3.19. The Morgan fingerprint density at radius 2 is 1.87 bits per heavy atom. The summed E-state index contributed by atoms with van der Waals surface area (Å²) in [7, 11) is 0. The molecule has 1 fully saturated rings. The van der Waals surface area contributed by atoms with Crippen LogP contribution in [0.4, 0.5) is 0 Å². The molecule has 2 rings (SSSR count). The first kappa shape index (κ1) is 12.0. The van der Waals surface area contributed by atoms with Gasteiger partial charge >= 0.3 is 0 Å². The van der Waals surface area contributed by atoms with Crippen molar-refractivity contribution in [3.8, 4) is 0 Å². The monoisotopic (exact) mass is 210 g/mol. The average Bonchev–Trinajstić information content (AvgIpc) is 2.34. The van der Waals surface area contributed by atoms with Gasteiger partial charge in [0.05, 0.1) is 12.4 Å². The molecule has 0 atom stereocenters. The van der Waals surface area contributed by atoms with E-state index in [0.717, 1.165) is 39.3 Å². The van der Waals surface area contributed by atoms with E-state index in [2.05, 4.69) is 25.6 Å². The topological polar surface area (TPSA) is 80.0 Å². The highest BCUT2D eigenvalue weighted by Crippen LogP contribution is 1.88. The minimum Gasteiger partial charge on any atom is -0.329 e. The Hall–Kier alpha value is -1.11. The van der Waals surface area contributed by atoms with Gasteiger partial charge in [-0.1, -0.05) is 0 Å². The molecule has 3 N–H and O–H groups in total. The minimum absolute atomic E-state index is 0.792. The number of nitrogens with one attached hydrogen (secondary N) is 1. The van der Waals surface area contributed by atoms with E-state index in [1.165, 1.54) is 0 Å². The van der Waals surface area contributed by atoms with E-state index >= 15 is 0 Å². The summed E-state index contributed by atoms with van der Waals surface area (Å²) in [4.78, 5) is 2.39. The second kappa shape index (κ2) is 8.22. The largest absolute Gasteiger partial charge is 0.329 e. The predicted molar refractivity (Wildman–Crippen MR) is 58.2 cm³/mol. The van der Waals surface area contributed by atoms with Gasteiger partial charge in [-0.05, 0) is 11.3 Å². The van der Waals surface area contributed by atoms with Gasteiger partial charge < -0.3 is 11.1 Å². The highest BCUT2D eigenvalue weighted by Gasteiger charge is 2.06. The molecule has 1 saturated heterocycles. The van der Waals surface area contributed by atoms with E-state index in [9.17, 15) is 0 Å². The van der Waals surface area contributed by atoms with E-state index in [1.54, 1.807) is 18.5 Å². The van der Waals surface area contributed by atoms with Crippen molar-refractivity contribution in [1.82, 2.24) is 25.6 Å². The third kappa shape index (κ3) is 6.05. The van der Waals surface area contributed by atoms with Crippen LogP contribution in [0.5, 0.6) is 0 Å². The van der Waals surface area contributed by atoms with Crippen LogP contribution in [0.25, 0.3) is 0 Å². The average molecular weight is 210 g/mol. The SMILES string of the molecule is NCCN1CCNCC1.c1cnnnc1. The first-order valence-corrected chi connectivity index (χ1v) is 5.15. The quantitative estimate of drug-likeness (QED) is 0.633. The molecule has 2 heterocycles. The molecule has 0 unspecified atom stereocenters. The van der Waals surface area contributed by atoms with Crippen LogP contribution in [0.1, 0.15) is 0 Å². The molecule has 1 aromatic heterocycles. The zero-order valence-corrected chi connectivity index (χ0v) is 8.84. The Morgan fingerprint density at radius 3 is 2.27 bits per heavy atom. The number of piperazine rings is 1. The fraction of sp³-hybridized carbons (Fsp3) is 0.667. The molecule has 0 amide bonds. The fourth-order valence-electron chi connectivity index (χ4n) is 1.32. The minimum atomic E-state index is 0.792. The van der Waals surface area contributed by atoms with Crippen molar-refractivity contribution < 1.29 is 0 Å². The lowest BCUT2D eigenvalue weighted by Gasteiger charge is -2.26. The second-order valence-corrected chi connectivity index (χ2v) is 3.19. The van der Waals surface area contributed by atoms with Crippen LogP contribution in [0.3, 0.4) is 0 Å². The van der Waals surface area contributed by atoms with Gasteiger partial charge in [0, 0.05) is 39.3 Å². The van der Waals surface area contributed by atoms with Crippen LogP contribution in [0.15, 0.2) is 18.5 Å². The lowest BCUT2D eigenvalue weighted by atomic mass is 10.3. The Kier molecular flexibility index (Phi) is 6.55. The van der Waals surface area contributed by atoms with Crippen LogP contribution in [-0.2, 0) is 0 Å². The summed E-state index contributed by atoms with van der Waals surface area (Å²) >= 11 is 0. The van der Waals surface area contributed by atoms with Gasteiger partial charge in [-0.2, -0.15) is 0 Å². The molecule has 6 nitrogen and oxygen atoms in total. The third-order valence-electron chi connectivity index (χ3n) is 2.06. The maximum absolute atomic E-state index is 5.40. The molecule has 15 heavy (non-hydrogen) atoms. The van der Waals surface area contributed by atoms with Gasteiger partial charge in [0.25, 0.3) is 0 Å². The van der Waals surface area contributed by atoms with Crippen molar-refractivity contribution >= 4 is 0 Å². The Morgan fingerprint density at radius 1 is 1.20 bits per heavy atom. The molecule has 0 spiro atoms. The smallest absolute Gasteiger partial charge is 0.0529 e. The Bertz CT molecular complexity index is 194. The van der Waals surface area contributed by atoms with Crippen molar-refractivity contribution in [1.29, 1.82) is 0 Å². The molecule has 84 valence electrons.